The number of rotatable bonds is 3. The van der Waals surface area contributed by atoms with Gasteiger partial charge in [-0.1, -0.05) is 0 Å². The molecule has 25 heavy (non-hydrogen) atoms. The van der Waals surface area contributed by atoms with Crippen LogP contribution in [0.15, 0.2) is 6.07 Å². The van der Waals surface area contributed by atoms with Crippen molar-refractivity contribution in [1.29, 1.82) is 0 Å². The van der Waals surface area contributed by atoms with Gasteiger partial charge in [-0.3, -0.25) is 24.3 Å². The summed E-state index contributed by atoms with van der Waals surface area (Å²) >= 11 is 0. The molecule has 4 rings (SSSR count). The zero-order chi connectivity index (χ0) is 17.6. The number of hydrogen-bond acceptors (Lipinski definition) is 5. The minimum atomic E-state index is -0.536. The van der Waals surface area contributed by atoms with Crippen molar-refractivity contribution < 1.29 is 9.59 Å². The molecule has 1 saturated heterocycles. The van der Waals surface area contributed by atoms with Crippen molar-refractivity contribution in [1.82, 2.24) is 30.6 Å². The molecule has 1 fully saturated rings. The average Bonchev–Trinajstić information content (AvgIpc) is 3.26. The molecule has 3 N–H and O–H groups in total. The lowest BCUT2D eigenvalue weighted by Crippen LogP contribution is -2.42. The molecule has 4 heterocycles. The fourth-order valence-corrected chi connectivity index (χ4v) is 3.53. The van der Waals surface area contributed by atoms with Gasteiger partial charge in [0.1, 0.15) is 11.9 Å². The summed E-state index contributed by atoms with van der Waals surface area (Å²) in [6, 6.07) is 1.34. The molecule has 0 spiro atoms. The van der Waals surface area contributed by atoms with E-state index >= 15 is 0 Å². The summed E-state index contributed by atoms with van der Waals surface area (Å²) in [6.45, 7) is 3.94. The second-order valence-corrected chi connectivity index (χ2v) is 6.53. The molecule has 0 saturated carbocycles. The van der Waals surface area contributed by atoms with Crippen molar-refractivity contribution >= 4 is 17.6 Å². The largest absolute Gasteiger partial charge is 0.339 e. The maximum Gasteiger partial charge on any atom is 0.272 e. The molecule has 2 amide bonds. The van der Waals surface area contributed by atoms with Crippen LogP contribution in [0.4, 0.5) is 5.82 Å². The molecule has 1 unspecified atom stereocenters. The normalized spacial score (nSPS) is 20.0. The van der Waals surface area contributed by atoms with E-state index in [0.717, 1.165) is 35.7 Å². The van der Waals surface area contributed by atoms with Crippen LogP contribution in [0.2, 0.25) is 0 Å². The number of anilines is 1. The van der Waals surface area contributed by atoms with Gasteiger partial charge in [-0.25, -0.2) is 0 Å². The lowest BCUT2D eigenvalue weighted by molar-refractivity contribution is -0.118. The van der Waals surface area contributed by atoms with E-state index in [1.807, 2.05) is 20.0 Å². The van der Waals surface area contributed by atoms with Gasteiger partial charge in [0, 0.05) is 50.4 Å². The van der Waals surface area contributed by atoms with Gasteiger partial charge in [0.25, 0.3) is 11.8 Å². The van der Waals surface area contributed by atoms with Crippen LogP contribution in [-0.2, 0) is 24.8 Å². The molecular weight excluding hydrogens is 322 g/mol. The lowest BCUT2D eigenvalue weighted by atomic mass is 10.1. The summed E-state index contributed by atoms with van der Waals surface area (Å²) in [7, 11) is 1.81. The maximum atomic E-state index is 12.7. The van der Waals surface area contributed by atoms with Crippen LogP contribution in [0.3, 0.4) is 0 Å². The van der Waals surface area contributed by atoms with E-state index in [1.165, 1.54) is 0 Å². The predicted molar refractivity (Wildman–Crippen MR) is 90.2 cm³/mol. The van der Waals surface area contributed by atoms with Crippen molar-refractivity contribution in [3.63, 3.8) is 0 Å². The first-order valence-electron chi connectivity index (χ1n) is 8.44. The number of aryl methyl sites for hydroxylation is 2. The maximum absolute atomic E-state index is 12.7. The van der Waals surface area contributed by atoms with E-state index < -0.39 is 6.04 Å². The molecule has 2 aliphatic heterocycles. The fraction of sp³-hybridized carbons (Fsp3) is 0.500. The highest BCUT2D eigenvalue weighted by molar-refractivity contribution is 6.03. The summed E-state index contributed by atoms with van der Waals surface area (Å²) in [5.41, 5.74) is 3.13. The summed E-state index contributed by atoms with van der Waals surface area (Å²) in [5, 5.41) is 17.4. The van der Waals surface area contributed by atoms with Gasteiger partial charge in [-0.2, -0.15) is 10.2 Å². The number of fused-ring (bicyclic) bond motifs is 1. The Labute approximate surface area is 144 Å². The Bertz CT molecular complexity index is 838. The molecule has 1 atom stereocenters. The Morgan fingerprint density at radius 2 is 2.28 bits per heavy atom. The Kier molecular flexibility index (Phi) is 3.79. The van der Waals surface area contributed by atoms with Crippen LogP contribution in [0.25, 0.3) is 0 Å². The Balaban J connectivity index is 1.48. The second-order valence-electron chi connectivity index (χ2n) is 6.53. The smallest absolute Gasteiger partial charge is 0.272 e. The van der Waals surface area contributed by atoms with Gasteiger partial charge >= 0.3 is 0 Å². The van der Waals surface area contributed by atoms with Crippen LogP contribution in [0.1, 0.15) is 33.9 Å². The highest BCUT2D eigenvalue weighted by Gasteiger charge is 2.36. The standard InChI is InChI=1S/C16H21N7O2/c1-9-7-13(22(2)21-9)23-6-4-12(16(23)25)18-15(24)14-10-8-17-5-3-11(10)19-20-14/h7,12,17H,3-6,8H2,1-2H3,(H,18,24)(H,19,20). The molecule has 0 radical (unpaired) electrons. The zero-order valence-electron chi connectivity index (χ0n) is 14.3. The SMILES string of the molecule is Cc1cc(N2CCC(NC(=O)c3n[nH]c4c3CNCC4)C2=O)n(C)n1. The molecule has 0 aromatic carbocycles. The third-order valence-electron chi connectivity index (χ3n) is 4.79. The molecular formula is C16H21N7O2. The number of aromatic nitrogens is 4. The van der Waals surface area contributed by atoms with Gasteiger partial charge in [-0.15, -0.1) is 0 Å². The van der Waals surface area contributed by atoms with Gasteiger partial charge in [-0.05, 0) is 13.3 Å². The monoisotopic (exact) mass is 343 g/mol. The molecule has 0 bridgehead atoms. The number of carbonyl (C=O) groups is 2. The lowest BCUT2D eigenvalue weighted by Gasteiger charge is -2.17. The van der Waals surface area contributed by atoms with Crippen LogP contribution < -0.4 is 15.5 Å². The van der Waals surface area contributed by atoms with E-state index in [9.17, 15) is 9.59 Å². The van der Waals surface area contributed by atoms with E-state index in [0.29, 0.717) is 25.2 Å². The first-order valence-corrected chi connectivity index (χ1v) is 8.44. The van der Waals surface area contributed by atoms with E-state index in [-0.39, 0.29) is 11.8 Å². The molecule has 9 heteroatoms. The van der Waals surface area contributed by atoms with Gasteiger partial charge in [0.05, 0.1) is 5.69 Å². The molecule has 0 aliphatic carbocycles. The number of amides is 2. The number of carbonyl (C=O) groups excluding carboxylic acids is 2. The number of nitrogens with zero attached hydrogens (tertiary/aromatic N) is 4. The van der Waals surface area contributed by atoms with Gasteiger partial charge in [0.15, 0.2) is 5.69 Å². The third-order valence-corrected chi connectivity index (χ3v) is 4.79. The quantitative estimate of drug-likeness (QED) is 0.705. The van der Waals surface area contributed by atoms with Crippen LogP contribution >= 0.6 is 0 Å². The highest BCUT2D eigenvalue weighted by atomic mass is 16.2. The molecule has 2 aliphatic rings. The van der Waals surface area contributed by atoms with E-state index in [1.54, 1.807) is 9.58 Å². The van der Waals surface area contributed by atoms with Crippen molar-refractivity contribution in [2.24, 2.45) is 7.05 Å². The molecule has 2 aromatic rings. The van der Waals surface area contributed by atoms with Crippen LogP contribution in [-0.4, -0.2) is 50.9 Å². The third kappa shape index (κ3) is 2.70. The van der Waals surface area contributed by atoms with E-state index in [2.05, 4.69) is 25.9 Å². The molecule has 9 nitrogen and oxygen atoms in total. The van der Waals surface area contributed by atoms with Gasteiger partial charge in [0.2, 0.25) is 0 Å². The Hall–Kier alpha value is -2.68. The zero-order valence-corrected chi connectivity index (χ0v) is 14.3. The number of aromatic amines is 1. The van der Waals surface area contributed by atoms with Crippen LogP contribution in [0, 0.1) is 6.92 Å². The number of hydrogen-bond donors (Lipinski definition) is 3. The Morgan fingerprint density at radius 1 is 1.44 bits per heavy atom. The number of nitrogens with one attached hydrogen (secondary N) is 3. The summed E-state index contributed by atoms with van der Waals surface area (Å²) in [4.78, 5) is 26.9. The van der Waals surface area contributed by atoms with Crippen molar-refractivity contribution in [3.05, 3.63) is 28.7 Å². The summed E-state index contributed by atoms with van der Waals surface area (Å²) in [5.74, 6) is 0.335. The highest BCUT2D eigenvalue weighted by Crippen LogP contribution is 2.22. The topological polar surface area (TPSA) is 108 Å². The number of H-pyrrole nitrogens is 1. The fourth-order valence-electron chi connectivity index (χ4n) is 3.53. The van der Waals surface area contributed by atoms with Crippen LogP contribution in [0.5, 0.6) is 0 Å². The first-order chi connectivity index (χ1) is 12.0. The molecule has 132 valence electrons. The van der Waals surface area contributed by atoms with Crippen molar-refractivity contribution in [3.8, 4) is 0 Å². The second kappa shape index (κ2) is 5.99. The average molecular weight is 343 g/mol. The Morgan fingerprint density at radius 3 is 3.04 bits per heavy atom. The minimum absolute atomic E-state index is 0.112. The summed E-state index contributed by atoms with van der Waals surface area (Å²) in [6.07, 6.45) is 1.39. The summed E-state index contributed by atoms with van der Waals surface area (Å²) < 4.78 is 1.69. The predicted octanol–water partition coefficient (Wildman–Crippen LogP) is -0.367. The first kappa shape index (κ1) is 15.8. The van der Waals surface area contributed by atoms with E-state index in [4.69, 9.17) is 0 Å². The van der Waals surface area contributed by atoms with Crippen molar-refractivity contribution in [2.45, 2.75) is 32.4 Å². The van der Waals surface area contributed by atoms with Gasteiger partial charge < -0.3 is 10.6 Å². The molecule has 2 aromatic heterocycles. The van der Waals surface area contributed by atoms with Crippen molar-refractivity contribution in [2.75, 3.05) is 18.0 Å². The minimum Gasteiger partial charge on any atom is -0.339 e.